The van der Waals surface area contributed by atoms with Gasteiger partial charge in [0.05, 0.1) is 31.8 Å². The molecule has 0 spiro atoms. The van der Waals surface area contributed by atoms with Crippen molar-refractivity contribution in [3.8, 4) is 40.1 Å². The molecule has 0 saturated heterocycles. The van der Waals surface area contributed by atoms with E-state index >= 15 is 0 Å². The van der Waals surface area contributed by atoms with Gasteiger partial charge >= 0.3 is 0 Å². The first kappa shape index (κ1) is 14.3. The van der Waals surface area contributed by atoms with E-state index in [1.54, 1.807) is 37.4 Å². The molecule has 8 heteroatoms. The number of pyridine rings is 1. The van der Waals surface area contributed by atoms with Gasteiger partial charge in [0, 0.05) is 30.0 Å². The van der Waals surface area contributed by atoms with Crippen LogP contribution in [0.4, 0.5) is 0 Å². The molecule has 0 aliphatic carbocycles. The lowest BCUT2D eigenvalue weighted by atomic mass is 10.2. The summed E-state index contributed by atoms with van der Waals surface area (Å²) in [5, 5.41) is 8.17. The van der Waals surface area contributed by atoms with Gasteiger partial charge < -0.3 is 18.9 Å². The van der Waals surface area contributed by atoms with Crippen LogP contribution in [0.1, 0.15) is 0 Å². The van der Waals surface area contributed by atoms with E-state index in [9.17, 15) is 0 Å². The fraction of sp³-hybridized carbons (Fsp3) is 0.188. The Hall–Kier alpha value is -3.29. The molecule has 24 heavy (non-hydrogen) atoms. The van der Waals surface area contributed by atoms with Crippen LogP contribution < -0.4 is 18.9 Å². The van der Waals surface area contributed by atoms with Crippen LogP contribution in [-0.4, -0.2) is 41.0 Å². The number of nitrogens with zero attached hydrogens (tertiary/aromatic N) is 4. The van der Waals surface area contributed by atoms with Crippen LogP contribution in [0, 0.1) is 0 Å². The minimum absolute atomic E-state index is 0.168. The van der Waals surface area contributed by atoms with Crippen LogP contribution in [0.15, 0.2) is 36.7 Å². The lowest BCUT2D eigenvalue weighted by Crippen LogP contribution is -2.01. The van der Waals surface area contributed by atoms with E-state index in [1.165, 1.54) is 0 Å². The van der Waals surface area contributed by atoms with Gasteiger partial charge in [-0.05, 0) is 6.07 Å². The Balaban J connectivity index is 1.80. The van der Waals surface area contributed by atoms with Crippen molar-refractivity contribution >= 4 is 0 Å². The summed E-state index contributed by atoms with van der Waals surface area (Å²) >= 11 is 0. The molecule has 1 aromatic carbocycles. The molecule has 8 nitrogen and oxygen atoms in total. The summed E-state index contributed by atoms with van der Waals surface area (Å²) < 4.78 is 23.0. The highest BCUT2D eigenvalue weighted by Crippen LogP contribution is 2.43. The second-order valence-corrected chi connectivity index (χ2v) is 5.00. The molecular weight excluding hydrogens is 312 g/mol. The number of hydrogen-bond donors (Lipinski definition) is 0. The van der Waals surface area contributed by atoms with Crippen molar-refractivity contribution in [2.75, 3.05) is 21.0 Å². The van der Waals surface area contributed by atoms with Gasteiger partial charge in [-0.25, -0.2) is 9.67 Å². The molecule has 1 aliphatic rings. The second-order valence-electron chi connectivity index (χ2n) is 5.00. The van der Waals surface area contributed by atoms with Gasteiger partial charge in [-0.15, -0.1) is 5.10 Å². The van der Waals surface area contributed by atoms with Gasteiger partial charge in [-0.1, -0.05) is 5.21 Å². The highest BCUT2D eigenvalue weighted by Gasteiger charge is 2.22. The zero-order valence-electron chi connectivity index (χ0n) is 13.1. The first-order valence-corrected chi connectivity index (χ1v) is 7.19. The topological polar surface area (TPSA) is 80.5 Å². The number of methoxy groups -OCH3 is 2. The average molecular weight is 326 g/mol. The van der Waals surface area contributed by atoms with Gasteiger partial charge in [-0.3, -0.25) is 0 Å². The number of aromatic nitrogens is 4. The standard InChI is InChI=1S/C16H14N4O4/c1-21-13-5-11(6-14-16(13)24-9-23-14)20-12(8-18-19-20)10-3-4-15(22-2)17-7-10/h3-8H,9H2,1-2H3. The van der Waals surface area contributed by atoms with Crippen LogP contribution in [0.5, 0.6) is 23.1 Å². The number of fused-ring (bicyclic) bond motifs is 1. The highest BCUT2D eigenvalue weighted by molar-refractivity contribution is 5.64. The third kappa shape index (κ3) is 2.28. The van der Waals surface area contributed by atoms with E-state index in [2.05, 4.69) is 15.3 Å². The summed E-state index contributed by atoms with van der Waals surface area (Å²) in [5.74, 6) is 2.32. The molecule has 0 amide bonds. The maximum absolute atomic E-state index is 5.46. The molecule has 0 atom stereocenters. The molecule has 4 rings (SSSR count). The molecular formula is C16H14N4O4. The lowest BCUT2D eigenvalue weighted by Gasteiger charge is -2.10. The summed E-state index contributed by atoms with van der Waals surface area (Å²) in [6.07, 6.45) is 3.37. The van der Waals surface area contributed by atoms with E-state index in [4.69, 9.17) is 18.9 Å². The molecule has 2 aromatic heterocycles. The van der Waals surface area contributed by atoms with Crippen LogP contribution in [0.3, 0.4) is 0 Å². The van der Waals surface area contributed by atoms with Gasteiger partial charge in [0.25, 0.3) is 0 Å². The van der Waals surface area contributed by atoms with Crippen LogP contribution in [-0.2, 0) is 0 Å². The fourth-order valence-corrected chi connectivity index (χ4v) is 2.51. The summed E-state index contributed by atoms with van der Waals surface area (Å²) in [6.45, 7) is 0.168. The van der Waals surface area contributed by atoms with E-state index in [0.29, 0.717) is 23.1 Å². The molecule has 0 saturated carbocycles. The SMILES string of the molecule is COc1ccc(-c2cnnn2-c2cc(OC)c3c(c2)OCO3)cn1. The first-order chi connectivity index (χ1) is 11.8. The smallest absolute Gasteiger partial charge is 0.231 e. The zero-order chi connectivity index (χ0) is 16.5. The van der Waals surface area contributed by atoms with Crippen molar-refractivity contribution < 1.29 is 18.9 Å². The maximum Gasteiger partial charge on any atom is 0.231 e. The first-order valence-electron chi connectivity index (χ1n) is 7.19. The normalized spacial score (nSPS) is 12.2. The molecule has 0 N–H and O–H groups in total. The van der Waals surface area contributed by atoms with E-state index < -0.39 is 0 Å². The fourth-order valence-electron chi connectivity index (χ4n) is 2.51. The summed E-state index contributed by atoms with van der Waals surface area (Å²) in [4.78, 5) is 4.22. The third-order valence-electron chi connectivity index (χ3n) is 3.68. The summed E-state index contributed by atoms with van der Waals surface area (Å²) in [5.41, 5.74) is 2.39. The predicted molar refractivity (Wildman–Crippen MR) is 83.8 cm³/mol. The number of ether oxygens (including phenoxy) is 4. The zero-order valence-corrected chi connectivity index (χ0v) is 13.1. The number of benzene rings is 1. The van der Waals surface area contributed by atoms with Gasteiger partial charge in [0.1, 0.15) is 0 Å². The Labute approximate surface area is 137 Å². The number of hydrogen-bond acceptors (Lipinski definition) is 7. The van der Waals surface area contributed by atoms with Crippen LogP contribution in [0.25, 0.3) is 16.9 Å². The number of rotatable bonds is 4. The van der Waals surface area contributed by atoms with Crippen LogP contribution in [0.2, 0.25) is 0 Å². The Morgan fingerprint density at radius 3 is 2.75 bits per heavy atom. The van der Waals surface area contributed by atoms with Crippen molar-refractivity contribution in [3.05, 3.63) is 36.7 Å². The monoisotopic (exact) mass is 326 g/mol. The van der Waals surface area contributed by atoms with Crippen molar-refractivity contribution in [3.63, 3.8) is 0 Å². The predicted octanol–water partition coefficient (Wildman–Crippen LogP) is 2.08. The quantitative estimate of drug-likeness (QED) is 0.726. The molecule has 0 radical (unpaired) electrons. The Morgan fingerprint density at radius 1 is 1.08 bits per heavy atom. The van der Waals surface area contributed by atoms with Gasteiger partial charge in [-0.2, -0.15) is 0 Å². The van der Waals surface area contributed by atoms with Gasteiger partial charge in [0.2, 0.25) is 18.4 Å². The minimum atomic E-state index is 0.168. The van der Waals surface area contributed by atoms with Crippen LogP contribution >= 0.6 is 0 Å². The summed E-state index contributed by atoms with van der Waals surface area (Å²) in [7, 11) is 3.16. The summed E-state index contributed by atoms with van der Waals surface area (Å²) in [6, 6.07) is 7.33. The molecule has 0 unspecified atom stereocenters. The van der Waals surface area contributed by atoms with Crippen molar-refractivity contribution in [1.29, 1.82) is 0 Å². The Bertz CT molecular complexity index is 876. The highest BCUT2D eigenvalue weighted by atomic mass is 16.7. The maximum atomic E-state index is 5.46. The molecule has 1 aliphatic heterocycles. The average Bonchev–Trinajstić information content (AvgIpc) is 3.29. The van der Waals surface area contributed by atoms with E-state index in [1.807, 2.05) is 18.2 Å². The third-order valence-corrected chi connectivity index (χ3v) is 3.68. The molecule has 0 fully saturated rings. The van der Waals surface area contributed by atoms with Gasteiger partial charge in [0.15, 0.2) is 11.5 Å². The molecule has 122 valence electrons. The Morgan fingerprint density at radius 2 is 2.00 bits per heavy atom. The van der Waals surface area contributed by atoms with Crippen molar-refractivity contribution in [2.45, 2.75) is 0 Å². The van der Waals surface area contributed by atoms with Crippen molar-refractivity contribution in [2.24, 2.45) is 0 Å². The van der Waals surface area contributed by atoms with Crippen molar-refractivity contribution in [1.82, 2.24) is 20.0 Å². The molecule has 3 aromatic rings. The second kappa shape index (κ2) is 5.73. The molecule has 0 bridgehead atoms. The lowest BCUT2D eigenvalue weighted by molar-refractivity contribution is 0.171. The Kier molecular flexibility index (Phi) is 3.42. The molecule has 3 heterocycles. The largest absolute Gasteiger partial charge is 0.493 e. The van der Waals surface area contributed by atoms with E-state index in [0.717, 1.165) is 16.9 Å². The minimum Gasteiger partial charge on any atom is -0.493 e. The van der Waals surface area contributed by atoms with E-state index in [-0.39, 0.29) is 6.79 Å².